The number of para-hydroxylation sites is 6. The third-order valence-electron chi connectivity index (χ3n) is 6.17. The van der Waals surface area contributed by atoms with Gasteiger partial charge in [0, 0.05) is 0 Å². The monoisotopic (exact) mass is 556 g/mol. The van der Waals surface area contributed by atoms with Gasteiger partial charge in [-0.25, -0.2) is 0 Å². The van der Waals surface area contributed by atoms with Gasteiger partial charge >= 0.3 is 0 Å². The molecule has 4 N–H and O–H groups in total. The zero-order valence-corrected chi connectivity index (χ0v) is 22.9. The maximum atomic E-state index is 9.46. The van der Waals surface area contributed by atoms with Gasteiger partial charge in [-0.1, -0.05) is 109 Å². The fourth-order valence-electron chi connectivity index (χ4n) is 4.14. The molecule has 0 heterocycles. The molecule has 0 amide bonds. The molecule has 6 aromatic rings. The Morgan fingerprint density at radius 3 is 1.05 bits per heavy atom. The van der Waals surface area contributed by atoms with Gasteiger partial charge in [-0.2, -0.15) is 0 Å². The lowest BCUT2D eigenvalue weighted by atomic mass is 10.1. The van der Waals surface area contributed by atoms with Gasteiger partial charge in [0.25, 0.3) is 0 Å². The average molecular weight is 557 g/mol. The summed E-state index contributed by atoms with van der Waals surface area (Å²) in [6.07, 6.45) is 1.10. The van der Waals surface area contributed by atoms with Crippen molar-refractivity contribution in [1.29, 1.82) is 0 Å². The molecule has 210 valence electrons. The maximum absolute atomic E-state index is 9.46. The Labute approximate surface area is 245 Å². The molecule has 5 heteroatoms. The fourth-order valence-corrected chi connectivity index (χ4v) is 4.14. The van der Waals surface area contributed by atoms with E-state index in [9.17, 15) is 10.2 Å². The second-order valence-electron chi connectivity index (χ2n) is 9.20. The molecule has 5 nitrogen and oxygen atoms in total. The first kappa shape index (κ1) is 29.3. The van der Waals surface area contributed by atoms with Crippen LogP contribution in [0.1, 0.15) is 11.1 Å². The number of hydrogen-bond donors (Lipinski definition) is 4. The third kappa shape index (κ3) is 8.66. The van der Waals surface area contributed by atoms with Crippen LogP contribution >= 0.6 is 0 Å². The lowest BCUT2D eigenvalue weighted by molar-refractivity contribution is 0.385. The minimum Gasteiger partial charge on any atom is -0.508 e. The van der Waals surface area contributed by atoms with Gasteiger partial charge < -0.3 is 25.2 Å². The van der Waals surface area contributed by atoms with Crippen LogP contribution in [0.4, 0.5) is 0 Å². The quantitative estimate of drug-likeness (QED) is 0.171. The van der Waals surface area contributed by atoms with E-state index in [1.165, 1.54) is 34.4 Å². The van der Waals surface area contributed by atoms with Crippen molar-refractivity contribution in [3.63, 3.8) is 0 Å². The predicted octanol–water partition coefficient (Wildman–Crippen LogP) is 8.93. The average Bonchev–Trinajstić information content (AvgIpc) is 3.40. The van der Waals surface area contributed by atoms with Crippen LogP contribution in [0.25, 0.3) is 11.1 Å². The molecule has 0 aromatic heterocycles. The highest BCUT2D eigenvalue weighted by Crippen LogP contribution is 2.36. The molecule has 6 aromatic carbocycles. The van der Waals surface area contributed by atoms with E-state index in [1.807, 2.05) is 12.1 Å². The molecule has 0 unspecified atom stereocenters. The van der Waals surface area contributed by atoms with Gasteiger partial charge in [-0.15, -0.1) is 0 Å². The summed E-state index contributed by atoms with van der Waals surface area (Å²) in [5, 5.41) is 36.2. The lowest BCUT2D eigenvalue weighted by Crippen LogP contribution is -1.84. The predicted molar refractivity (Wildman–Crippen MR) is 167 cm³/mol. The first-order chi connectivity index (χ1) is 20.5. The second-order valence-corrected chi connectivity index (χ2v) is 9.20. The van der Waals surface area contributed by atoms with Crippen molar-refractivity contribution in [1.82, 2.24) is 0 Å². The number of benzene rings is 6. The van der Waals surface area contributed by atoms with Crippen molar-refractivity contribution in [3.05, 3.63) is 169 Å². The fraction of sp³-hybridized carbons (Fsp3) is 0.0270. The number of fused-ring (bicyclic) bond motifs is 3. The molecule has 0 bridgehead atoms. The van der Waals surface area contributed by atoms with Gasteiger partial charge in [-0.05, 0) is 77.2 Å². The van der Waals surface area contributed by atoms with Crippen LogP contribution < -0.4 is 4.74 Å². The zero-order valence-electron chi connectivity index (χ0n) is 22.9. The molecule has 0 fully saturated rings. The summed E-state index contributed by atoms with van der Waals surface area (Å²) in [6, 6.07) is 47.9. The number of ether oxygens (including phenoxy) is 1. The smallest absolute Gasteiger partial charge is 0.169 e. The Balaban J connectivity index is 0.000000136. The van der Waals surface area contributed by atoms with Crippen molar-refractivity contribution in [2.45, 2.75) is 6.42 Å². The first-order valence-electron chi connectivity index (χ1n) is 13.4. The molecular weight excluding hydrogens is 524 g/mol. The van der Waals surface area contributed by atoms with E-state index >= 15 is 0 Å². The van der Waals surface area contributed by atoms with Crippen LogP contribution in [-0.2, 0) is 6.42 Å². The molecule has 0 aliphatic heterocycles. The summed E-state index contributed by atoms with van der Waals surface area (Å²) >= 11 is 0. The highest BCUT2D eigenvalue weighted by atomic mass is 16.5. The summed E-state index contributed by atoms with van der Waals surface area (Å²) in [4.78, 5) is 0. The molecule has 1 aliphatic carbocycles. The second kappa shape index (κ2) is 15.2. The molecule has 0 saturated carbocycles. The number of aromatic hydroxyl groups is 4. The van der Waals surface area contributed by atoms with Crippen molar-refractivity contribution >= 4 is 0 Å². The van der Waals surface area contributed by atoms with Gasteiger partial charge in [-0.3, -0.25) is 0 Å². The van der Waals surface area contributed by atoms with Crippen molar-refractivity contribution in [2.24, 2.45) is 0 Å². The number of phenols is 4. The summed E-state index contributed by atoms with van der Waals surface area (Å²) < 4.78 is 5.34. The zero-order chi connectivity index (χ0) is 29.6. The Morgan fingerprint density at radius 2 is 0.690 bits per heavy atom. The third-order valence-corrected chi connectivity index (χ3v) is 6.17. The SMILES string of the molecule is Oc1ccccc1.Oc1ccccc1.Oc1ccccc1Oc1ccccc1O.c1ccc2c(c1)Cc1ccccc1-2. The highest BCUT2D eigenvalue weighted by molar-refractivity contribution is 5.76. The van der Waals surface area contributed by atoms with Gasteiger partial charge in [0.1, 0.15) is 11.5 Å². The molecule has 0 radical (unpaired) electrons. The summed E-state index contributed by atoms with van der Waals surface area (Å²) in [5.74, 6) is 1.37. The Morgan fingerprint density at radius 1 is 0.357 bits per heavy atom. The largest absolute Gasteiger partial charge is 0.508 e. The lowest BCUT2D eigenvalue weighted by Gasteiger charge is -2.08. The summed E-state index contributed by atoms with van der Waals surface area (Å²) in [7, 11) is 0. The summed E-state index contributed by atoms with van der Waals surface area (Å²) in [6.45, 7) is 0. The molecule has 0 spiro atoms. The van der Waals surface area contributed by atoms with E-state index in [0.717, 1.165) is 6.42 Å². The number of rotatable bonds is 2. The molecule has 1 aliphatic rings. The Hall–Kier alpha value is -5.68. The van der Waals surface area contributed by atoms with Crippen LogP contribution in [-0.4, -0.2) is 20.4 Å². The van der Waals surface area contributed by atoms with Crippen molar-refractivity contribution in [2.75, 3.05) is 0 Å². The minimum atomic E-state index is 0.0424. The summed E-state index contributed by atoms with van der Waals surface area (Å²) in [5.41, 5.74) is 5.75. The molecule has 0 atom stereocenters. The van der Waals surface area contributed by atoms with Gasteiger partial charge in [0.2, 0.25) is 0 Å². The van der Waals surface area contributed by atoms with Crippen LogP contribution in [0.2, 0.25) is 0 Å². The van der Waals surface area contributed by atoms with Crippen LogP contribution in [0.3, 0.4) is 0 Å². The Bertz CT molecular complexity index is 1540. The van der Waals surface area contributed by atoms with Gasteiger partial charge in [0.15, 0.2) is 23.0 Å². The molecule has 0 saturated heterocycles. The van der Waals surface area contributed by atoms with Gasteiger partial charge in [0.05, 0.1) is 0 Å². The van der Waals surface area contributed by atoms with E-state index in [0.29, 0.717) is 23.0 Å². The van der Waals surface area contributed by atoms with Crippen LogP contribution in [0.15, 0.2) is 158 Å². The molecule has 42 heavy (non-hydrogen) atoms. The standard InChI is InChI=1S/C13H10.C12H10O3.2C6H6O/c1-3-7-12-10(5-1)9-11-6-2-4-8-13(11)12;13-9-5-1-3-7-11(9)15-12-8-4-2-6-10(12)14;2*7-6-4-2-1-3-5-6/h1-8H,9H2;1-8,13-14H;2*1-5,7H. The van der Waals surface area contributed by atoms with Crippen LogP contribution in [0, 0.1) is 0 Å². The maximum Gasteiger partial charge on any atom is 0.169 e. The van der Waals surface area contributed by atoms with Crippen molar-refractivity contribution < 1.29 is 25.2 Å². The minimum absolute atomic E-state index is 0.0424. The van der Waals surface area contributed by atoms with E-state index in [2.05, 4.69) is 48.5 Å². The normalized spacial score (nSPS) is 10.2. The van der Waals surface area contributed by atoms with E-state index < -0.39 is 0 Å². The van der Waals surface area contributed by atoms with Crippen molar-refractivity contribution in [3.8, 4) is 45.6 Å². The van der Waals surface area contributed by atoms with Crippen LogP contribution in [0.5, 0.6) is 34.5 Å². The number of hydrogen-bond acceptors (Lipinski definition) is 5. The Kier molecular flexibility index (Phi) is 10.6. The molecule has 7 rings (SSSR count). The van der Waals surface area contributed by atoms with E-state index in [-0.39, 0.29) is 11.5 Å². The molecular formula is C37H32O5. The first-order valence-corrected chi connectivity index (χ1v) is 13.4. The highest BCUT2D eigenvalue weighted by Gasteiger charge is 2.15. The van der Waals surface area contributed by atoms with E-state index in [4.69, 9.17) is 14.9 Å². The van der Waals surface area contributed by atoms with E-state index in [1.54, 1.807) is 84.9 Å². The topological polar surface area (TPSA) is 90.2 Å². The number of phenolic OH excluding ortho intramolecular Hbond substituents is 4.